The maximum atomic E-state index is 13.0. The van der Waals surface area contributed by atoms with Crippen molar-refractivity contribution in [2.75, 3.05) is 19.5 Å². The van der Waals surface area contributed by atoms with Crippen LogP contribution >= 0.6 is 11.8 Å². The molecule has 1 aromatic rings. The van der Waals surface area contributed by atoms with Crippen LogP contribution in [0.5, 0.6) is 5.75 Å². The van der Waals surface area contributed by atoms with Gasteiger partial charge in [0.2, 0.25) is 0 Å². The molecule has 0 bridgehead atoms. The number of aliphatic imine (C=N–C) groups is 1. The average molecular weight is 434 g/mol. The molecule has 0 unspecified atom stereocenters. The summed E-state index contributed by atoms with van der Waals surface area (Å²) in [5, 5.41) is 18.9. The molecule has 1 amide bonds. The molecular weight excluding hydrogens is 412 g/mol. The summed E-state index contributed by atoms with van der Waals surface area (Å²) in [6, 6.07) is 3.45. The van der Waals surface area contributed by atoms with Crippen LogP contribution in [-0.4, -0.2) is 69.7 Å². The first-order valence-electron chi connectivity index (χ1n) is 9.07. The van der Waals surface area contributed by atoms with E-state index in [1.807, 2.05) is 0 Å². The van der Waals surface area contributed by atoms with E-state index in [0.717, 1.165) is 4.90 Å². The predicted molar refractivity (Wildman–Crippen MR) is 109 cm³/mol. The summed E-state index contributed by atoms with van der Waals surface area (Å²) in [6.45, 7) is 4.54. The number of hydrogen-bond acceptors (Lipinski definition) is 8. The summed E-state index contributed by atoms with van der Waals surface area (Å²) in [6.07, 6.45) is 1.48. The molecule has 160 valence electrons. The summed E-state index contributed by atoms with van der Waals surface area (Å²) in [7, 11) is 1.35. The molecule has 30 heavy (non-hydrogen) atoms. The van der Waals surface area contributed by atoms with Crippen LogP contribution in [0.4, 0.5) is 0 Å². The third-order valence-electron chi connectivity index (χ3n) is 4.97. The number of esters is 1. The molecule has 2 heterocycles. The first-order chi connectivity index (χ1) is 14.1. The molecular formula is C20H22N2O7S. The molecule has 1 aromatic carbocycles. The first kappa shape index (κ1) is 21.8. The third kappa shape index (κ3) is 3.56. The van der Waals surface area contributed by atoms with Crippen LogP contribution in [0.1, 0.15) is 23.6 Å². The van der Waals surface area contributed by atoms with Crippen molar-refractivity contribution in [3.05, 3.63) is 40.1 Å². The van der Waals surface area contributed by atoms with Gasteiger partial charge in [-0.3, -0.25) is 14.5 Å². The van der Waals surface area contributed by atoms with Crippen molar-refractivity contribution in [1.29, 1.82) is 0 Å². The molecule has 2 aliphatic heterocycles. The van der Waals surface area contributed by atoms with Crippen molar-refractivity contribution in [3.63, 3.8) is 0 Å². The lowest BCUT2D eigenvalue weighted by Crippen LogP contribution is -2.73. The summed E-state index contributed by atoms with van der Waals surface area (Å²) in [5.74, 6) is -1.98. The Morgan fingerprint density at radius 1 is 1.37 bits per heavy atom. The molecule has 0 radical (unpaired) electrons. The van der Waals surface area contributed by atoms with Crippen molar-refractivity contribution >= 4 is 35.8 Å². The Morgan fingerprint density at radius 2 is 2.00 bits per heavy atom. The van der Waals surface area contributed by atoms with Gasteiger partial charge in [-0.1, -0.05) is 0 Å². The van der Waals surface area contributed by atoms with Crippen LogP contribution < -0.4 is 0 Å². The minimum Gasteiger partial charge on any atom is -0.507 e. The lowest BCUT2D eigenvalue weighted by Gasteiger charge is -2.53. The van der Waals surface area contributed by atoms with Gasteiger partial charge in [0.15, 0.2) is 0 Å². The molecule has 0 spiro atoms. The molecule has 0 aliphatic carbocycles. The van der Waals surface area contributed by atoms with E-state index in [-0.39, 0.29) is 23.8 Å². The van der Waals surface area contributed by atoms with Crippen LogP contribution in [0.3, 0.4) is 0 Å². The summed E-state index contributed by atoms with van der Waals surface area (Å²) in [5.41, 5.74) is 0.592. The molecule has 1 fully saturated rings. The van der Waals surface area contributed by atoms with Crippen LogP contribution in [0.15, 0.2) is 28.4 Å². The number of hydrogen-bond donors (Lipinski definition) is 2. The fraction of sp³-hybridized carbons (Fsp3) is 0.400. The van der Waals surface area contributed by atoms with Gasteiger partial charge in [0.05, 0.1) is 0 Å². The van der Waals surface area contributed by atoms with Crippen LogP contribution in [0, 0.1) is 13.8 Å². The van der Waals surface area contributed by atoms with Crippen molar-refractivity contribution in [2.45, 2.75) is 31.9 Å². The van der Waals surface area contributed by atoms with E-state index in [1.54, 1.807) is 26.0 Å². The van der Waals surface area contributed by atoms with E-state index in [9.17, 15) is 24.6 Å². The van der Waals surface area contributed by atoms with Crippen molar-refractivity contribution in [3.8, 4) is 5.75 Å². The van der Waals surface area contributed by atoms with E-state index >= 15 is 0 Å². The topological polar surface area (TPSA) is 126 Å². The lowest BCUT2D eigenvalue weighted by molar-refractivity contribution is -0.182. The standard InChI is InChI=1S/C20H22N2O7S/c1-10-5-13(6-11(2)16(10)24)7-21-20(28-4)18(27)22-15(17(25)26)14(8-29-12(3)23)9-30-19(20)22/h5-7,19,24H,8-9H2,1-4H3,(H,25,26)/b21-7+/t19-,20+/m1/s1. The fourth-order valence-electron chi connectivity index (χ4n) is 3.47. The van der Waals surface area contributed by atoms with Crippen molar-refractivity contribution in [1.82, 2.24) is 4.90 Å². The van der Waals surface area contributed by atoms with Gasteiger partial charge >= 0.3 is 11.9 Å². The number of carbonyl (C=O) groups excluding carboxylic acids is 2. The van der Waals surface area contributed by atoms with E-state index in [4.69, 9.17) is 9.47 Å². The van der Waals surface area contributed by atoms with Gasteiger partial charge in [0.25, 0.3) is 11.6 Å². The number of fused-ring (bicyclic) bond motifs is 1. The van der Waals surface area contributed by atoms with E-state index < -0.39 is 28.9 Å². The zero-order valence-electron chi connectivity index (χ0n) is 17.0. The highest BCUT2D eigenvalue weighted by atomic mass is 32.2. The number of benzene rings is 1. The number of rotatable bonds is 6. The monoisotopic (exact) mass is 434 g/mol. The summed E-state index contributed by atoms with van der Waals surface area (Å²) < 4.78 is 10.4. The molecule has 2 aliphatic rings. The predicted octanol–water partition coefficient (Wildman–Crippen LogP) is 1.59. The van der Waals surface area contributed by atoms with E-state index in [1.165, 1.54) is 32.0 Å². The van der Waals surface area contributed by atoms with Crippen LogP contribution in [0.2, 0.25) is 0 Å². The summed E-state index contributed by atoms with van der Waals surface area (Å²) >= 11 is 1.29. The number of phenols is 1. The number of carboxylic acid groups (broad SMARTS) is 1. The zero-order chi connectivity index (χ0) is 22.2. The zero-order valence-corrected chi connectivity index (χ0v) is 17.8. The largest absolute Gasteiger partial charge is 0.507 e. The number of aliphatic carboxylic acids is 1. The van der Waals surface area contributed by atoms with Gasteiger partial charge in [0.1, 0.15) is 23.4 Å². The Balaban J connectivity index is 1.92. The van der Waals surface area contributed by atoms with Gasteiger partial charge in [-0.15, -0.1) is 11.8 Å². The SMILES string of the molecule is CO[C@@]1(/N=C/c2cc(C)c(O)c(C)c2)C(=O)N2C(C(=O)O)=C(COC(C)=O)CS[C@@H]21. The summed E-state index contributed by atoms with van der Waals surface area (Å²) in [4.78, 5) is 41.4. The molecule has 10 heteroatoms. The number of amides is 1. The molecule has 0 aromatic heterocycles. The number of aromatic hydroxyl groups is 1. The maximum absolute atomic E-state index is 13.0. The molecule has 1 saturated heterocycles. The number of ether oxygens (including phenoxy) is 2. The number of phenolic OH excluding ortho intramolecular Hbond substituents is 1. The Morgan fingerprint density at radius 3 is 2.53 bits per heavy atom. The van der Waals surface area contributed by atoms with Gasteiger partial charge in [0, 0.05) is 31.6 Å². The number of carboxylic acids is 1. The number of aryl methyl sites for hydroxylation is 2. The van der Waals surface area contributed by atoms with Crippen molar-refractivity contribution < 1.29 is 34.1 Å². The second-order valence-corrected chi connectivity index (χ2v) is 8.11. The molecule has 3 rings (SSSR count). The van der Waals surface area contributed by atoms with Gasteiger partial charge < -0.3 is 19.7 Å². The third-order valence-corrected chi connectivity index (χ3v) is 6.33. The quantitative estimate of drug-likeness (QED) is 0.393. The minimum absolute atomic E-state index is 0.193. The van der Waals surface area contributed by atoms with Gasteiger partial charge in [-0.05, 0) is 42.7 Å². The Kier molecular flexibility index (Phi) is 5.91. The van der Waals surface area contributed by atoms with Crippen LogP contribution in [-0.2, 0) is 23.9 Å². The number of thioether (sulfide) groups is 1. The molecule has 2 N–H and O–H groups in total. The Hall–Kier alpha value is -2.85. The second-order valence-electron chi connectivity index (χ2n) is 7.04. The lowest BCUT2D eigenvalue weighted by atomic mass is 9.98. The molecule has 2 atom stereocenters. The number of β-lactam (4-membered cyclic amide) rings is 1. The molecule has 0 saturated carbocycles. The number of methoxy groups -OCH3 is 1. The number of nitrogens with zero attached hydrogens (tertiary/aromatic N) is 2. The smallest absolute Gasteiger partial charge is 0.352 e. The number of carbonyl (C=O) groups is 3. The minimum atomic E-state index is -1.56. The molecule has 9 nitrogen and oxygen atoms in total. The normalized spacial score (nSPS) is 23.4. The van der Waals surface area contributed by atoms with E-state index in [0.29, 0.717) is 22.3 Å². The fourth-order valence-corrected chi connectivity index (χ4v) is 4.88. The van der Waals surface area contributed by atoms with Crippen LogP contribution in [0.25, 0.3) is 0 Å². The maximum Gasteiger partial charge on any atom is 0.352 e. The Bertz CT molecular complexity index is 964. The van der Waals surface area contributed by atoms with Crippen molar-refractivity contribution in [2.24, 2.45) is 4.99 Å². The highest BCUT2D eigenvalue weighted by Gasteiger charge is 2.66. The highest BCUT2D eigenvalue weighted by Crippen LogP contribution is 2.48. The van der Waals surface area contributed by atoms with E-state index in [2.05, 4.69) is 4.99 Å². The Labute approximate surface area is 177 Å². The van der Waals surface area contributed by atoms with Gasteiger partial charge in [-0.2, -0.15) is 0 Å². The average Bonchev–Trinajstić information content (AvgIpc) is 2.69. The second kappa shape index (κ2) is 8.11. The van der Waals surface area contributed by atoms with Gasteiger partial charge in [-0.25, -0.2) is 9.79 Å². The highest BCUT2D eigenvalue weighted by molar-refractivity contribution is 8.00. The first-order valence-corrected chi connectivity index (χ1v) is 10.1.